The van der Waals surface area contributed by atoms with Crippen LogP contribution in [0.15, 0.2) is 171 Å². The first-order valence-corrected chi connectivity index (χ1v) is 18.2. The van der Waals surface area contributed by atoms with E-state index in [9.17, 15) is 10.5 Å². The Hall–Kier alpha value is -8.60. The third kappa shape index (κ3) is 6.70. The molecule has 0 amide bonds. The highest BCUT2D eigenvalue weighted by Gasteiger charge is 2.29. The Morgan fingerprint density at radius 3 is 0.759 bits per heavy atom. The van der Waals surface area contributed by atoms with Gasteiger partial charge in [-0.3, -0.25) is 39.9 Å². The monoisotopic (exact) mass is 744 g/mol. The van der Waals surface area contributed by atoms with E-state index in [4.69, 9.17) is 0 Å². The molecular formula is C48H28N10. The molecule has 0 radical (unpaired) electrons. The van der Waals surface area contributed by atoms with E-state index >= 15 is 0 Å². The minimum absolute atomic E-state index is 0.301. The van der Waals surface area contributed by atoms with Gasteiger partial charge >= 0.3 is 0 Å². The third-order valence-corrected chi connectivity index (χ3v) is 9.67. The Bertz CT molecular complexity index is 2620. The highest BCUT2D eigenvalue weighted by Crippen LogP contribution is 2.49. The van der Waals surface area contributed by atoms with Crippen LogP contribution >= 0.6 is 0 Å². The van der Waals surface area contributed by atoms with E-state index in [1.54, 1.807) is 74.4 Å². The van der Waals surface area contributed by atoms with Crippen molar-refractivity contribution in [3.63, 3.8) is 0 Å². The molecule has 0 N–H and O–H groups in total. The lowest BCUT2D eigenvalue weighted by Gasteiger charge is -2.23. The van der Waals surface area contributed by atoms with Crippen LogP contribution in [0.2, 0.25) is 0 Å². The Morgan fingerprint density at radius 2 is 0.552 bits per heavy atom. The van der Waals surface area contributed by atoms with Crippen LogP contribution in [-0.4, -0.2) is 39.9 Å². The normalized spacial score (nSPS) is 10.7. The van der Waals surface area contributed by atoms with Crippen LogP contribution in [0.25, 0.3) is 89.5 Å². The van der Waals surface area contributed by atoms with Crippen molar-refractivity contribution in [2.45, 2.75) is 0 Å². The predicted octanol–water partition coefficient (Wildman–Crippen LogP) is 9.93. The van der Waals surface area contributed by atoms with Crippen molar-refractivity contribution in [1.82, 2.24) is 39.9 Å². The topological polar surface area (TPSA) is 151 Å². The van der Waals surface area contributed by atoms with Crippen molar-refractivity contribution >= 4 is 0 Å². The zero-order valence-corrected chi connectivity index (χ0v) is 30.6. The molecule has 0 aliphatic heterocycles. The van der Waals surface area contributed by atoms with Crippen molar-refractivity contribution in [3.05, 3.63) is 183 Å². The van der Waals surface area contributed by atoms with Gasteiger partial charge in [0.2, 0.25) is 0 Å². The summed E-state index contributed by atoms with van der Waals surface area (Å²) in [4.78, 5) is 36.9. The van der Waals surface area contributed by atoms with E-state index in [1.165, 1.54) is 0 Å². The number of rotatable bonds is 8. The van der Waals surface area contributed by atoms with Crippen LogP contribution in [0.4, 0.5) is 0 Å². The molecule has 8 aromatic heterocycles. The quantitative estimate of drug-likeness (QED) is 0.147. The lowest BCUT2D eigenvalue weighted by Crippen LogP contribution is -2.04. The average Bonchev–Trinajstić information content (AvgIpc) is 3.32. The van der Waals surface area contributed by atoms with Gasteiger partial charge in [-0.1, -0.05) is 24.3 Å². The third-order valence-electron chi connectivity index (χ3n) is 9.67. The van der Waals surface area contributed by atoms with Crippen molar-refractivity contribution in [2.75, 3.05) is 0 Å². The molecule has 0 bridgehead atoms. The molecule has 0 unspecified atom stereocenters. The standard InChI is InChI=1S/C48H28N10/c49-21-39-45(35-17-31(23-51-27-35)41-9-1-5-13-55-41)46(36-18-32(24-52-28-36)42-10-2-6-14-56-42)40(22-50)48(38-20-34(26-54-30-38)44-12-4-8-16-58-44)47(39)37-19-33(25-53-29-37)43-11-3-7-15-57-43/h1-20,23-30H. The molecule has 0 fully saturated rings. The van der Waals surface area contributed by atoms with E-state index < -0.39 is 0 Å². The van der Waals surface area contributed by atoms with Crippen LogP contribution in [0.1, 0.15) is 11.1 Å². The zero-order valence-electron chi connectivity index (χ0n) is 30.6. The number of hydrogen-bond acceptors (Lipinski definition) is 10. The summed E-state index contributed by atoms with van der Waals surface area (Å²) in [6.45, 7) is 0. The van der Waals surface area contributed by atoms with Gasteiger partial charge in [-0.15, -0.1) is 0 Å². The van der Waals surface area contributed by atoms with Gasteiger partial charge in [-0.05, 0) is 72.8 Å². The van der Waals surface area contributed by atoms with Crippen molar-refractivity contribution in [3.8, 4) is 102 Å². The largest absolute Gasteiger partial charge is 0.263 e. The number of benzene rings is 1. The summed E-state index contributed by atoms with van der Waals surface area (Å²) in [6.07, 6.45) is 20.6. The van der Waals surface area contributed by atoms with E-state index in [0.29, 0.717) is 78.4 Å². The summed E-state index contributed by atoms with van der Waals surface area (Å²) in [6, 6.07) is 35.6. The molecule has 10 nitrogen and oxygen atoms in total. The first-order chi connectivity index (χ1) is 28.7. The van der Waals surface area contributed by atoms with E-state index in [-0.39, 0.29) is 0 Å². The summed E-state index contributed by atoms with van der Waals surface area (Å²) in [7, 11) is 0. The van der Waals surface area contributed by atoms with Crippen LogP contribution in [-0.2, 0) is 0 Å². The second kappa shape index (κ2) is 15.6. The highest BCUT2D eigenvalue weighted by atomic mass is 14.7. The summed E-state index contributed by atoms with van der Waals surface area (Å²) in [5.74, 6) is 0. The second-order valence-electron chi connectivity index (χ2n) is 13.2. The molecule has 0 aliphatic carbocycles. The maximum absolute atomic E-state index is 11.5. The molecule has 8 heterocycles. The number of nitrogens with zero attached hydrogens (tertiary/aromatic N) is 10. The Morgan fingerprint density at radius 1 is 0.310 bits per heavy atom. The molecule has 1 aromatic carbocycles. The van der Waals surface area contributed by atoms with Gasteiger partial charge in [0.25, 0.3) is 0 Å². The van der Waals surface area contributed by atoms with Gasteiger partial charge in [0.05, 0.1) is 33.9 Å². The Kier molecular flexibility index (Phi) is 9.47. The summed E-state index contributed by atoms with van der Waals surface area (Å²) in [5.41, 5.74) is 10.8. The lowest BCUT2D eigenvalue weighted by molar-refractivity contribution is 1.26. The van der Waals surface area contributed by atoms with E-state index in [0.717, 1.165) is 22.3 Å². The highest BCUT2D eigenvalue weighted by molar-refractivity contribution is 6.05. The number of aromatic nitrogens is 8. The van der Waals surface area contributed by atoms with Crippen molar-refractivity contribution < 1.29 is 0 Å². The molecule has 0 atom stereocenters. The van der Waals surface area contributed by atoms with Gasteiger partial charge in [-0.25, -0.2) is 0 Å². The van der Waals surface area contributed by atoms with Gasteiger partial charge in [-0.2, -0.15) is 10.5 Å². The molecule has 0 saturated heterocycles. The molecule has 58 heavy (non-hydrogen) atoms. The van der Waals surface area contributed by atoms with Crippen molar-refractivity contribution in [1.29, 1.82) is 10.5 Å². The van der Waals surface area contributed by atoms with Gasteiger partial charge in [0, 0.05) is 141 Å². The molecule has 0 spiro atoms. The van der Waals surface area contributed by atoms with Crippen LogP contribution in [0, 0.1) is 22.7 Å². The second-order valence-corrected chi connectivity index (χ2v) is 13.2. The fourth-order valence-electron chi connectivity index (χ4n) is 7.13. The molecular weight excluding hydrogens is 717 g/mol. The minimum atomic E-state index is 0.301. The summed E-state index contributed by atoms with van der Waals surface area (Å²) >= 11 is 0. The maximum Gasteiger partial charge on any atom is 0.100 e. The molecule has 9 rings (SSSR count). The molecule has 270 valence electrons. The van der Waals surface area contributed by atoms with Gasteiger partial charge in [0.1, 0.15) is 12.1 Å². The SMILES string of the molecule is N#Cc1c(-c2cncc(-c3ccccn3)c2)c(-c2cncc(-c3ccccn3)c2)c(C#N)c(-c2cncc(-c3ccccn3)c2)c1-c1cncc(-c2ccccn2)c1. The molecule has 0 aliphatic rings. The van der Waals surface area contributed by atoms with Crippen LogP contribution < -0.4 is 0 Å². The molecule has 10 heteroatoms. The van der Waals surface area contributed by atoms with E-state index in [2.05, 4.69) is 52.0 Å². The van der Waals surface area contributed by atoms with Gasteiger partial charge < -0.3 is 0 Å². The molecule has 0 saturated carbocycles. The van der Waals surface area contributed by atoms with Crippen LogP contribution in [0.3, 0.4) is 0 Å². The fraction of sp³-hybridized carbons (Fsp3) is 0. The minimum Gasteiger partial charge on any atom is -0.263 e. The first-order valence-electron chi connectivity index (χ1n) is 18.2. The van der Waals surface area contributed by atoms with E-state index in [1.807, 2.05) is 97.1 Å². The maximum atomic E-state index is 11.5. The predicted molar refractivity (Wildman–Crippen MR) is 222 cm³/mol. The number of pyridine rings is 8. The molecule has 9 aromatic rings. The number of hydrogen-bond donors (Lipinski definition) is 0. The van der Waals surface area contributed by atoms with Crippen LogP contribution in [0.5, 0.6) is 0 Å². The average molecular weight is 745 g/mol. The Labute approximate surface area is 333 Å². The lowest BCUT2D eigenvalue weighted by atomic mass is 9.78. The zero-order chi connectivity index (χ0) is 39.3. The van der Waals surface area contributed by atoms with Crippen molar-refractivity contribution in [2.24, 2.45) is 0 Å². The number of nitriles is 2. The summed E-state index contributed by atoms with van der Waals surface area (Å²) in [5, 5.41) is 23.0. The fourth-order valence-corrected chi connectivity index (χ4v) is 7.13. The smallest absolute Gasteiger partial charge is 0.100 e. The summed E-state index contributed by atoms with van der Waals surface area (Å²) < 4.78 is 0. The Balaban J connectivity index is 1.43. The van der Waals surface area contributed by atoms with Gasteiger partial charge in [0.15, 0.2) is 0 Å². The first kappa shape index (κ1) is 35.1.